The second-order valence-electron chi connectivity index (χ2n) is 5.52. The lowest BCUT2D eigenvalue weighted by Crippen LogP contribution is -2.33. The van der Waals surface area contributed by atoms with Crippen LogP contribution in [0.1, 0.15) is 17.4 Å². The van der Waals surface area contributed by atoms with Gasteiger partial charge in [0.05, 0.1) is 12.3 Å². The summed E-state index contributed by atoms with van der Waals surface area (Å²) in [5, 5.41) is 2.81. The second kappa shape index (κ2) is 8.98. The highest BCUT2D eigenvalue weighted by atomic mass is 19.3. The summed E-state index contributed by atoms with van der Waals surface area (Å²) < 4.78 is 33.8. The molecule has 0 spiro atoms. The van der Waals surface area contributed by atoms with Gasteiger partial charge >= 0.3 is 6.61 Å². The van der Waals surface area contributed by atoms with Gasteiger partial charge in [0, 0.05) is 12.6 Å². The molecule has 1 aromatic carbocycles. The summed E-state index contributed by atoms with van der Waals surface area (Å²) in [5.74, 6) is 0.582. The van der Waals surface area contributed by atoms with Crippen molar-refractivity contribution in [3.05, 3.63) is 60.1 Å². The standard InChI is InChI=1S/C18H20F2N2O3/c1-22(2)15(16-4-3-11-24-16)12-21-17(23)10-7-13-5-8-14(9-6-13)25-18(19)20/h3-11,15,18H,12H2,1-2H3,(H,21,23). The van der Waals surface area contributed by atoms with Crippen molar-refractivity contribution in [2.24, 2.45) is 0 Å². The number of amides is 1. The summed E-state index contributed by atoms with van der Waals surface area (Å²) in [4.78, 5) is 13.9. The number of hydrogen-bond acceptors (Lipinski definition) is 4. The van der Waals surface area contributed by atoms with Crippen molar-refractivity contribution in [2.75, 3.05) is 20.6 Å². The van der Waals surface area contributed by atoms with E-state index in [-0.39, 0.29) is 17.7 Å². The minimum absolute atomic E-state index is 0.0712. The summed E-state index contributed by atoms with van der Waals surface area (Å²) in [5.41, 5.74) is 0.701. The average molecular weight is 350 g/mol. The summed E-state index contributed by atoms with van der Waals surface area (Å²) in [6.45, 7) is -2.46. The molecule has 0 saturated heterocycles. The van der Waals surface area contributed by atoms with Gasteiger partial charge in [0.25, 0.3) is 0 Å². The molecule has 1 heterocycles. The minimum Gasteiger partial charge on any atom is -0.468 e. The first-order valence-electron chi connectivity index (χ1n) is 7.66. The molecule has 0 radical (unpaired) electrons. The molecule has 0 bridgehead atoms. The van der Waals surface area contributed by atoms with Gasteiger partial charge in [-0.05, 0) is 50.0 Å². The molecule has 7 heteroatoms. The Labute approximate surface area is 144 Å². The Morgan fingerprint density at radius 2 is 2.00 bits per heavy atom. The largest absolute Gasteiger partial charge is 0.468 e. The zero-order chi connectivity index (χ0) is 18.2. The van der Waals surface area contributed by atoms with E-state index in [1.54, 1.807) is 30.5 Å². The maximum atomic E-state index is 12.1. The van der Waals surface area contributed by atoms with Crippen LogP contribution >= 0.6 is 0 Å². The number of nitrogens with zero attached hydrogens (tertiary/aromatic N) is 1. The van der Waals surface area contributed by atoms with E-state index in [4.69, 9.17) is 4.42 Å². The van der Waals surface area contributed by atoms with Gasteiger partial charge in [-0.25, -0.2) is 0 Å². The molecule has 0 aliphatic rings. The Morgan fingerprint density at radius 1 is 1.28 bits per heavy atom. The number of likely N-dealkylation sites (N-methyl/N-ethyl adjacent to an activating group) is 1. The van der Waals surface area contributed by atoms with E-state index in [1.807, 2.05) is 25.1 Å². The van der Waals surface area contributed by atoms with Crippen molar-refractivity contribution in [1.29, 1.82) is 0 Å². The molecule has 134 valence electrons. The van der Waals surface area contributed by atoms with Gasteiger partial charge < -0.3 is 14.5 Å². The van der Waals surface area contributed by atoms with Crippen molar-refractivity contribution in [1.82, 2.24) is 10.2 Å². The molecule has 2 aromatic rings. The highest BCUT2D eigenvalue weighted by Crippen LogP contribution is 2.18. The van der Waals surface area contributed by atoms with Crippen LogP contribution in [-0.2, 0) is 4.79 Å². The van der Waals surface area contributed by atoms with Crippen LogP contribution in [0.4, 0.5) is 8.78 Å². The fraction of sp³-hybridized carbons (Fsp3) is 0.278. The Kier molecular flexibility index (Phi) is 6.71. The molecule has 1 unspecified atom stereocenters. The van der Waals surface area contributed by atoms with Crippen molar-refractivity contribution in [3.8, 4) is 5.75 Å². The van der Waals surface area contributed by atoms with Crippen molar-refractivity contribution >= 4 is 12.0 Å². The van der Waals surface area contributed by atoms with Crippen LogP contribution in [0.5, 0.6) is 5.75 Å². The lowest BCUT2D eigenvalue weighted by atomic mass is 10.2. The van der Waals surface area contributed by atoms with Crippen molar-refractivity contribution in [2.45, 2.75) is 12.7 Å². The maximum absolute atomic E-state index is 12.1. The lowest BCUT2D eigenvalue weighted by molar-refractivity contribution is -0.116. The molecular weight excluding hydrogens is 330 g/mol. The van der Waals surface area contributed by atoms with Crippen molar-refractivity contribution < 1.29 is 22.7 Å². The van der Waals surface area contributed by atoms with E-state index >= 15 is 0 Å². The van der Waals surface area contributed by atoms with Gasteiger partial charge in [0.1, 0.15) is 11.5 Å². The number of nitrogens with one attached hydrogen (secondary N) is 1. The molecule has 0 saturated carbocycles. The highest BCUT2D eigenvalue weighted by molar-refractivity contribution is 5.91. The number of furan rings is 1. The van der Waals surface area contributed by atoms with Crippen LogP contribution in [-0.4, -0.2) is 38.1 Å². The first-order chi connectivity index (χ1) is 12.0. The molecule has 0 aliphatic carbocycles. The Balaban J connectivity index is 1.87. The Bertz CT molecular complexity index is 683. The Morgan fingerprint density at radius 3 is 2.56 bits per heavy atom. The van der Waals surface area contributed by atoms with Gasteiger partial charge in [0.15, 0.2) is 0 Å². The topological polar surface area (TPSA) is 54.7 Å². The monoisotopic (exact) mass is 350 g/mol. The van der Waals surface area contributed by atoms with Gasteiger partial charge in [-0.15, -0.1) is 0 Å². The maximum Gasteiger partial charge on any atom is 0.387 e. The summed E-state index contributed by atoms with van der Waals surface area (Å²) in [7, 11) is 3.80. The van der Waals surface area contributed by atoms with Crippen LogP contribution in [0.15, 0.2) is 53.2 Å². The zero-order valence-corrected chi connectivity index (χ0v) is 14.0. The quantitative estimate of drug-likeness (QED) is 0.742. The molecule has 25 heavy (non-hydrogen) atoms. The lowest BCUT2D eigenvalue weighted by Gasteiger charge is -2.22. The predicted octanol–water partition coefficient (Wildman–Crippen LogP) is 3.31. The highest BCUT2D eigenvalue weighted by Gasteiger charge is 2.17. The number of alkyl halides is 2. The van der Waals surface area contributed by atoms with Gasteiger partial charge in [0.2, 0.25) is 5.91 Å². The average Bonchev–Trinajstić information content (AvgIpc) is 3.08. The molecule has 1 atom stereocenters. The number of ether oxygens (including phenoxy) is 1. The van der Waals surface area contributed by atoms with Gasteiger partial charge in [-0.3, -0.25) is 9.69 Å². The van der Waals surface area contributed by atoms with Crippen LogP contribution in [0.3, 0.4) is 0 Å². The summed E-state index contributed by atoms with van der Waals surface area (Å²) >= 11 is 0. The Hall–Kier alpha value is -2.67. The van der Waals surface area contributed by atoms with Gasteiger partial charge in [-0.2, -0.15) is 8.78 Å². The summed E-state index contributed by atoms with van der Waals surface area (Å²) in [6, 6.07) is 9.61. The van der Waals surface area contributed by atoms with E-state index < -0.39 is 6.61 Å². The first-order valence-corrected chi connectivity index (χ1v) is 7.66. The van der Waals surface area contributed by atoms with E-state index in [9.17, 15) is 13.6 Å². The normalized spacial score (nSPS) is 12.7. The molecule has 0 fully saturated rings. The molecule has 2 rings (SSSR count). The number of halogens is 2. The van der Waals surface area contributed by atoms with E-state index in [2.05, 4.69) is 10.1 Å². The third kappa shape index (κ3) is 6.04. The van der Waals surface area contributed by atoms with Crippen LogP contribution in [0.25, 0.3) is 6.08 Å². The number of carbonyl (C=O) groups is 1. The van der Waals surface area contributed by atoms with Crippen LogP contribution in [0.2, 0.25) is 0 Å². The molecule has 5 nitrogen and oxygen atoms in total. The van der Waals surface area contributed by atoms with E-state index in [0.717, 1.165) is 5.76 Å². The molecular formula is C18H20F2N2O3. The fourth-order valence-electron chi connectivity index (χ4n) is 2.21. The van der Waals surface area contributed by atoms with Crippen LogP contribution < -0.4 is 10.1 Å². The number of rotatable bonds is 8. The smallest absolute Gasteiger partial charge is 0.387 e. The fourth-order valence-corrected chi connectivity index (χ4v) is 2.21. The number of hydrogen-bond donors (Lipinski definition) is 1. The summed E-state index contributed by atoms with van der Waals surface area (Å²) in [6.07, 6.45) is 4.58. The number of carbonyl (C=O) groups excluding carboxylic acids is 1. The van der Waals surface area contributed by atoms with E-state index in [1.165, 1.54) is 18.2 Å². The first kappa shape index (κ1) is 18.7. The predicted molar refractivity (Wildman–Crippen MR) is 90.3 cm³/mol. The third-order valence-corrected chi connectivity index (χ3v) is 3.50. The minimum atomic E-state index is -2.86. The molecule has 1 N–H and O–H groups in total. The third-order valence-electron chi connectivity index (χ3n) is 3.50. The second-order valence-corrected chi connectivity index (χ2v) is 5.52. The zero-order valence-electron chi connectivity index (χ0n) is 14.0. The SMILES string of the molecule is CN(C)C(CNC(=O)C=Cc1ccc(OC(F)F)cc1)c1ccco1. The molecule has 1 aromatic heterocycles. The molecule has 0 aliphatic heterocycles. The van der Waals surface area contributed by atoms with Crippen molar-refractivity contribution in [3.63, 3.8) is 0 Å². The molecule has 1 amide bonds. The van der Waals surface area contributed by atoms with E-state index in [0.29, 0.717) is 12.1 Å². The number of benzene rings is 1. The van der Waals surface area contributed by atoms with Crippen LogP contribution in [0, 0.1) is 0 Å². The van der Waals surface area contributed by atoms with Gasteiger partial charge in [-0.1, -0.05) is 12.1 Å².